The van der Waals surface area contributed by atoms with E-state index >= 15 is 0 Å². The Balaban J connectivity index is 1.65. The maximum Gasteiger partial charge on any atom is 0.254 e. The number of carbonyl (C=O) groups excluding carboxylic acids is 1. The fourth-order valence-corrected chi connectivity index (χ4v) is 3.48. The summed E-state index contributed by atoms with van der Waals surface area (Å²) in [4.78, 5) is 18.0. The number of nitrogens with zero attached hydrogens (tertiary/aromatic N) is 2. The summed E-state index contributed by atoms with van der Waals surface area (Å²) in [5.74, 6) is 0.170. The quantitative estimate of drug-likeness (QED) is 0.849. The van der Waals surface area contributed by atoms with Gasteiger partial charge in [0.2, 0.25) is 0 Å². The molecule has 0 atom stereocenters. The molecule has 2 aromatic rings. The minimum Gasteiger partial charge on any atom is -0.368 e. The van der Waals surface area contributed by atoms with E-state index in [1.54, 1.807) is 11.3 Å². The van der Waals surface area contributed by atoms with Gasteiger partial charge in [-0.05, 0) is 31.5 Å². The minimum atomic E-state index is 0.170. The maximum absolute atomic E-state index is 12.4. The Morgan fingerprint density at radius 2 is 1.81 bits per heavy atom. The fourth-order valence-electron chi connectivity index (χ4n) is 2.81. The third kappa shape index (κ3) is 2.95. The molecule has 1 amide bonds. The normalized spacial score (nSPS) is 15.3. The van der Waals surface area contributed by atoms with Crippen molar-refractivity contribution in [3.63, 3.8) is 0 Å². The number of piperazine rings is 1. The number of para-hydroxylation sites is 1. The highest BCUT2D eigenvalue weighted by Crippen LogP contribution is 2.22. The molecule has 0 N–H and O–H groups in total. The highest BCUT2D eigenvalue weighted by molar-refractivity contribution is 7.10. The van der Waals surface area contributed by atoms with E-state index in [4.69, 9.17) is 0 Å². The molecule has 0 spiro atoms. The molecule has 0 aliphatic carbocycles. The number of benzene rings is 1. The molecule has 3 nitrogen and oxygen atoms in total. The van der Waals surface area contributed by atoms with Crippen molar-refractivity contribution in [1.29, 1.82) is 0 Å². The molecule has 0 saturated carbocycles. The number of amides is 1. The topological polar surface area (TPSA) is 23.6 Å². The van der Waals surface area contributed by atoms with Gasteiger partial charge in [0.1, 0.15) is 0 Å². The lowest BCUT2D eigenvalue weighted by Crippen LogP contribution is -2.48. The zero-order valence-corrected chi connectivity index (χ0v) is 13.3. The molecule has 1 fully saturated rings. The second kappa shape index (κ2) is 5.90. The van der Waals surface area contributed by atoms with Gasteiger partial charge in [-0.2, -0.15) is 0 Å². The van der Waals surface area contributed by atoms with Crippen LogP contribution in [0.4, 0.5) is 5.69 Å². The number of anilines is 1. The van der Waals surface area contributed by atoms with Crippen molar-refractivity contribution in [2.45, 2.75) is 13.8 Å². The molecule has 4 heteroatoms. The summed E-state index contributed by atoms with van der Waals surface area (Å²) < 4.78 is 0. The number of hydrogen-bond donors (Lipinski definition) is 0. The van der Waals surface area contributed by atoms with E-state index in [9.17, 15) is 4.79 Å². The van der Waals surface area contributed by atoms with E-state index in [2.05, 4.69) is 36.1 Å². The molecule has 1 aliphatic rings. The standard InChI is InChI=1S/C17H20N2OS/c1-13-5-3-4-6-16(13)18-7-9-19(10-8-18)17(20)15-11-14(2)21-12-15/h3-6,11-12H,7-10H2,1-2H3. The Labute approximate surface area is 129 Å². The molecule has 0 bridgehead atoms. The summed E-state index contributed by atoms with van der Waals surface area (Å²) in [7, 11) is 0. The van der Waals surface area contributed by atoms with E-state index < -0.39 is 0 Å². The molecule has 0 unspecified atom stereocenters. The van der Waals surface area contributed by atoms with Crippen LogP contribution in [0.25, 0.3) is 0 Å². The minimum absolute atomic E-state index is 0.170. The third-order valence-corrected chi connectivity index (χ3v) is 4.86. The second-order valence-electron chi connectivity index (χ2n) is 5.51. The van der Waals surface area contributed by atoms with Gasteiger partial charge in [-0.3, -0.25) is 4.79 Å². The summed E-state index contributed by atoms with van der Waals surface area (Å²) in [5.41, 5.74) is 3.42. The van der Waals surface area contributed by atoms with Gasteiger partial charge in [-0.25, -0.2) is 0 Å². The van der Waals surface area contributed by atoms with E-state index in [1.807, 2.05) is 23.3 Å². The monoisotopic (exact) mass is 300 g/mol. The predicted octanol–water partition coefficient (Wildman–Crippen LogP) is 3.33. The number of thiophene rings is 1. The second-order valence-corrected chi connectivity index (χ2v) is 6.63. The van der Waals surface area contributed by atoms with Crippen LogP contribution >= 0.6 is 11.3 Å². The molecule has 2 heterocycles. The van der Waals surface area contributed by atoms with E-state index in [1.165, 1.54) is 16.1 Å². The van der Waals surface area contributed by atoms with Crippen LogP contribution in [0.2, 0.25) is 0 Å². The Morgan fingerprint density at radius 1 is 1.10 bits per heavy atom. The lowest BCUT2D eigenvalue weighted by atomic mass is 10.1. The van der Waals surface area contributed by atoms with Gasteiger partial charge in [0.05, 0.1) is 5.56 Å². The summed E-state index contributed by atoms with van der Waals surface area (Å²) >= 11 is 1.64. The highest BCUT2D eigenvalue weighted by atomic mass is 32.1. The molecule has 0 radical (unpaired) electrons. The first-order chi connectivity index (χ1) is 10.1. The van der Waals surface area contributed by atoms with Crippen LogP contribution in [0, 0.1) is 13.8 Å². The number of aryl methyl sites for hydroxylation is 2. The van der Waals surface area contributed by atoms with E-state index in [0.717, 1.165) is 31.7 Å². The predicted molar refractivity (Wildman–Crippen MR) is 88.4 cm³/mol. The Hall–Kier alpha value is -1.81. The summed E-state index contributed by atoms with van der Waals surface area (Å²) in [6.45, 7) is 7.57. The first-order valence-electron chi connectivity index (χ1n) is 7.30. The van der Waals surface area contributed by atoms with Gasteiger partial charge in [-0.15, -0.1) is 11.3 Å². The Kier molecular flexibility index (Phi) is 3.97. The molecule has 110 valence electrons. The van der Waals surface area contributed by atoms with Gasteiger partial charge < -0.3 is 9.80 Å². The van der Waals surface area contributed by atoms with Crippen LogP contribution in [0.1, 0.15) is 20.8 Å². The lowest BCUT2D eigenvalue weighted by Gasteiger charge is -2.36. The first kappa shape index (κ1) is 14.1. The van der Waals surface area contributed by atoms with Crippen LogP contribution in [0.15, 0.2) is 35.7 Å². The molecular weight excluding hydrogens is 280 g/mol. The van der Waals surface area contributed by atoms with Crippen molar-refractivity contribution < 1.29 is 4.79 Å². The summed E-state index contributed by atoms with van der Waals surface area (Å²) in [5, 5.41) is 1.96. The van der Waals surface area contributed by atoms with Gasteiger partial charge >= 0.3 is 0 Å². The van der Waals surface area contributed by atoms with Gasteiger partial charge in [-0.1, -0.05) is 18.2 Å². The molecule has 21 heavy (non-hydrogen) atoms. The van der Waals surface area contributed by atoms with Crippen molar-refractivity contribution >= 4 is 22.9 Å². The molecule has 1 saturated heterocycles. The SMILES string of the molecule is Cc1cc(C(=O)N2CCN(c3ccccc3C)CC2)cs1. The zero-order valence-electron chi connectivity index (χ0n) is 12.5. The number of rotatable bonds is 2. The molecule has 1 aromatic carbocycles. The van der Waals surface area contributed by atoms with Crippen molar-refractivity contribution in [1.82, 2.24) is 4.90 Å². The van der Waals surface area contributed by atoms with Crippen LogP contribution in [-0.4, -0.2) is 37.0 Å². The van der Waals surface area contributed by atoms with E-state index in [0.29, 0.717) is 0 Å². The average Bonchev–Trinajstić information content (AvgIpc) is 2.94. The first-order valence-corrected chi connectivity index (χ1v) is 8.18. The summed E-state index contributed by atoms with van der Waals surface area (Å²) in [6, 6.07) is 10.4. The largest absolute Gasteiger partial charge is 0.368 e. The van der Waals surface area contributed by atoms with Crippen LogP contribution in [-0.2, 0) is 0 Å². The van der Waals surface area contributed by atoms with Crippen molar-refractivity contribution in [2.75, 3.05) is 31.1 Å². The van der Waals surface area contributed by atoms with Gasteiger partial charge in [0.15, 0.2) is 0 Å². The number of hydrogen-bond acceptors (Lipinski definition) is 3. The summed E-state index contributed by atoms with van der Waals surface area (Å²) in [6.07, 6.45) is 0. The zero-order chi connectivity index (χ0) is 14.8. The highest BCUT2D eigenvalue weighted by Gasteiger charge is 2.23. The van der Waals surface area contributed by atoms with Crippen LogP contribution < -0.4 is 4.90 Å². The van der Waals surface area contributed by atoms with Crippen molar-refractivity contribution in [3.05, 3.63) is 51.7 Å². The maximum atomic E-state index is 12.4. The van der Waals surface area contributed by atoms with E-state index in [-0.39, 0.29) is 5.91 Å². The molecule has 1 aromatic heterocycles. The lowest BCUT2D eigenvalue weighted by molar-refractivity contribution is 0.0747. The molecule has 3 rings (SSSR count). The smallest absolute Gasteiger partial charge is 0.254 e. The average molecular weight is 300 g/mol. The van der Waals surface area contributed by atoms with Crippen molar-refractivity contribution in [3.8, 4) is 0 Å². The van der Waals surface area contributed by atoms with Crippen LogP contribution in [0.3, 0.4) is 0 Å². The van der Waals surface area contributed by atoms with Gasteiger partial charge in [0.25, 0.3) is 5.91 Å². The van der Waals surface area contributed by atoms with Gasteiger partial charge in [0, 0.05) is 42.1 Å². The Bertz CT molecular complexity index is 642. The number of carbonyl (C=O) groups is 1. The Morgan fingerprint density at radius 3 is 2.43 bits per heavy atom. The molecular formula is C17H20N2OS. The third-order valence-electron chi connectivity index (χ3n) is 4.00. The van der Waals surface area contributed by atoms with Crippen molar-refractivity contribution in [2.24, 2.45) is 0 Å². The fraction of sp³-hybridized carbons (Fsp3) is 0.353. The van der Waals surface area contributed by atoms with Crippen LogP contribution in [0.5, 0.6) is 0 Å². The molecule has 1 aliphatic heterocycles.